The first-order valence-electron chi connectivity index (χ1n) is 7.88. The summed E-state index contributed by atoms with van der Waals surface area (Å²) in [6.45, 7) is 4.99. The number of fused-ring (bicyclic) bond motifs is 1. The molecule has 0 spiro atoms. The molecule has 3 rings (SSSR count). The summed E-state index contributed by atoms with van der Waals surface area (Å²) in [5, 5.41) is 1.87. The Balaban J connectivity index is 1.50. The number of carbonyl (C=O) groups excluding carboxylic acids is 2. The molecule has 1 aromatic rings. The predicted octanol–water partition coefficient (Wildman–Crippen LogP) is 3.46. The van der Waals surface area contributed by atoms with E-state index in [0.29, 0.717) is 10.8 Å². The lowest BCUT2D eigenvalue weighted by atomic mass is 9.57. The van der Waals surface area contributed by atoms with E-state index in [4.69, 9.17) is 9.47 Å². The summed E-state index contributed by atoms with van der Waals surface area (Å²) in [5.41, 5.74) is -0.126. The lowest BCUT2D eigenvalue weighted by Gasteiger charge is -2.58. The van der Waals surface area contributed by atoms with E-state index in [-0.39, 0.29) is 42.2 Å². The van der Waals surface area contributed by atoms with Gasteiger partial charge in [-0.1, -0.05) is 19.9 Å². The van der Waals surface area contributed by atoms with E-state index in [1.54, 1.807) is 6.07 Å². The number of hydrogen-bond donors (Lipinski definition) is 0. The summed E-state index contributed by atoms with van der Waals surface area (Å²) in [4.78, 5) is 24.7. The minimum Gasteiger partial charge on any atom is -0.461 e. The molecule has 0 unspecified atom stereocenters. The molecule has 1 saturated heterocycles. The van der Waals surface area contributed by atoms with Crippen molar-refractivity contribution < 1.29 is 19.1 Å². The molecular weight excluding hydrogens is 300 g/mol. The monoisotopic (exact) mass is 322 g/mol. The lowest BCUT2D eigenvalue weighted by molar-refractivity contribution is -0.254. The van der Waals surface area contributed by atoms with Gasteiger partial charge < -0.3 is 9.47 Å². The zero-order chi connectivity index (χ0) is 15.7. The van der Waals surface area contributed by atoms with Gasteiger partial charge in [0.2, 0.25) is 0 Å². The van der Waals surface area contributed by atoms with Gasteiger partial charge in [0.15, 0.2) is 5.78 Å². The molecule has 0 amide bonds. The highest BCUT2D eigenvalue weighted by atomic mass is 32.1. The normalized spacial score (nSPS) is 29.3. The molecule has 1 aromatic heterocycles. The van der Waals surface area contributed by atoms with Gasteiger partial charge in [-0.25, -0.2) is 0 Å². The molecule has 0 N–H and O–H groups in total. The molecule has 22 heavy (non-hydrogen) atoms. The highest BCUT2D eigenvalue weighted by molar-refractivity contribution is 7.12. The van der Waals surface area contributed by atoms with E-state index in [1.807, 2.05) is 11.4 Å². The number of thiophene rings is 1. The Morgan fingerprint density at radius 3 is 2.95 bits per heavy atom. The van der Waals surface area contributed by atoms with Crippen molar-refractivity contribution in [3.63, 3.8) is 0 Å². The Bertz CT molecular complexity index is 549. The van der Waals surface area contributed by atoms with Crippen LogP contribution < -0.4 is 0 Å². The van der Waals surface area contributed by atoms with Crippen molar-refractivity contribution in [3.8, 4) is 0 Å². The van der Waals surface area contributed by atoms with Crippen molar-refractivity contribution in [2.75, 3.05) is 6.61 Å². The maximum atomic E-state index is 12.1. The van der Waals surface area contributed by atoms with Crippen LogP contribution in [-0.2, 0) is 14.3 Å². The van der Waals surface area contributed by atoms with Gasteiger partial charge in [-0.05, 0) is 24.3 Å². The maximum absolute atomic E-state index is 12.1. The number of carbonyl (C=O) groups is 2. The number of hydrogen-bond acceptors (Lipinski definition) is 5. The van der Waals surface area contributed by atoms with Crippen LogP contribution >= 0.6 is 11.3 Å². The Hall–Kier alpha value is -1.20. The summed E-state index contributed by atoms with van der Waals surface area (Å²) in [7, 11) is 0. The molecule has 1 saturated carbocycles. The van der Waals surface area contributed by atoms with Gasteiger partial charge in [-0.15, -0.1) is 11.3 Å². The van der Waals surface area contributed by atoms with Crippen LogP contribution in [0.25, 0.3) is 0 Å². The Morgan fingerprint density at radius 2 is 2.23 bits per heavy atom. The van der Waals surface area contributed by atoms with Gasteiger partial charge in [0, 0.05) is 24.4 Å². The zero-order valence-electron chi connectivity index (χ0n) is 13.0. The fourth-order valence-electron chi connectivity index (χ4n) is 3.69. The van der Waals surface area contributed by atoms with Crippen LogP contribution in [0.15, 0.2) is 17.5 Å². The summed E-state index contributed by atoms with van der Waals surface area (Å²) in [6.07, 6.45) is 2.58. The SMILES string of the molecule is CC1(C)[C@@H]2OCCC[C@H]2[C@H]1OC(=O)CCC(=O)c1cccs1. The quantitative estimate of drug-likeness (QED) is 0.615. The average molecular weight is 322 g/mol. The molecule has 0 bridgehead atoms. The van der Waals surface area contributed by atoms with Crippen LogP contribution in [-0.4, -0.2) is 30.6 Å². The first-order valence-corrected chi connectivity index (χ1v) is 8.76. The van der Waals surface area contributed by atoms with Crippen LogP contribution in [0.5, 0.6) is 0 Å². The van der Waals surface area contributed by atoms with E-state index >= 15 is 0 Å². The van der Waals surface area contributed by atoms with Crippen LogP contribution in [0.1, 0.15) is 49.2 Å². The van der Waals surface area contributed by atoms with Gasteiger partial charge in [-0.3, -0.25) is 9.59 Å². The van der Waals surface area contributed by atoms with Crippen LogP contribution in [0, 0.1) is 11.3 Å². The first-order chi connectivity index (χ1) is 10.5. The summed E-state index contributed by atoms with van der Waals surface area (Å²) in [5.74, 6) is 0.0615. The smallest absolute Gasteiger partial charge is 0.306 e. The van der Waals surface area contributed by atoms with E-state index in [0.717, 1.165) is 19.4 Å². The summed E-state index contributed by atoms with van der Waals surface area (Å²) < 4.78 is 11.5. The van der Waals surface area contributed by atoms with Gasteiger partial charge in [0.1, 0.15) is 6.10 Å². The van der Waals surface area contributed by atoms with Gasteiger partial charge in [0.25, 0.3) is 0 Å². The molecular formula is C17H22O4S. The highest BCUT2D eigenvalue weighted by Crippen LogP contribution is 2.53. The Morgan fingerprint density at radius 1 is 1.41 bits per heavy atom. The van der Waals surface area contributed by atoms with E-state index < -0.39 is 0 Å². The maximum Gasteiger partial charge on any atom is 0.306 e. The van der Waals surface area contributed by atoms with E-state index in [9.17, 15) is 9.59 Å². The third-order valence-corrected chi connectivity index (χ3v) is 5.75. The molecule has 2 heterocycles. The first kappa shape index (κ1) is 15.7. The zero-order valence-corrected chi connectivity index (χ0v) is 13.9. The second kappa shape index (κ2) is 6.13. The number of Topliss-reactive ketones (excluding diaryl/α,β-unsaturated/α-hetero) is 1. The molecule has 2 fully saturated rings. The Labute approximate surface area is 134 Å². The van der Waals surface area contributed by atoms with Crippen molar-refractivity contribution >= 4 is 23.1 Å². The van der Waals surface area contributed by atoms with Crippen molar-refractivity contribution in [1.29, 1.82) is 0 Å². The molecule has 120 valence electrons. The van der Waals surface area contributed by atoms with Gasteiger partial charge >= 0.3 is 5.97 Å². The topological polar surface area (TPSA) is 52.6 Å². The molecule has 5 heteroatoms. The molecule has 2 aliphatic rings. The molecule has 0 radical (unpaired) electrons. The van der Waals surface area contributed by atoms with E-state index in [2.05, 4.69) is 13.8 Å². The van der Waals surface area contributed by atoms with Crippen molar-refractivity contribution in [2.24, 2.45) is 11.3 Å². The molecule has 1 aliphatic carbocycles. The van der Waals surface area contributed by atoms with Crippen LogP contribution in [0.4, 0.5) is 0 Å². The minimum absolute atomic E-state index is 0.0127. The number of rotatable bonds is 5. The summed E-state index contributed by atoms with van der Waals surface area (Å²) >= 11 is 1.41. The van der Waals surface area contributed by atoms with Gasteiger partial charge in [-0.2, -0.15) is 0 Å². The van der Waals surface area contributed by atoms with Gasteiger partial charge in [0.05, 0.1) is 17.4 Å². The number of ketones is 1. The van der Waals surface area contributed by atoms with Crippen molar-refractivity contribution in [1.82, 2.24) is 0 Å². The molecule has 0 aromatic carbocycles. The fraction of sp³-hybridized carbons (Fsp3) is 0.647. The third-order valence-electron chi connectivity index (χ3n) is 4.83. The van der Waals surface area contributed by atoms with Crippen molar-refractivity contribution in [2.45, 2.75) is 51.7 Å². The molecule has 3 atom stereocenters. The minimum atomic E-state index is -0.271. The largest absolute Gasteiger partial charge is 0.461 e. The molecule has 1 aliphatic heterocycles. The van der Waals surface area contributed by atoms with Crippen LogP contribution in [0.2, 0.25) is 0 Å². The second-order valence-electron chi connectivity index (χ2n) is 6.73. The highest BCUT2D eigenvalue weighted by Gasteiger charge is 2.60. The third kappa shape index (κ3) is 2.84. The second-order valence-corrected chi connectivity index (χ2v) is 7.68. The number of ether oxygens (including phenoxy) is 2. The molecule has 4 nitrogen and oxygen atoms in total. The van der Waals surface area contributed by atoms with E-state index in [1.165, 1.54) is 11.3 Å². The standard InChI is InChI=1S/C17H22O4S/c1-17(2)15-11(5-3-9-20-15)16(17)21-14(19)8-7-12(18)13-6-4-10-22-13/h4,6,10-11,15-16H,3,5,7-9H2,1-2H3/t11-,15-,16-/m1/s1. The summed E-state index contributed by atoms with van der Waals surface area (Å²) in [6, 6.07) is 3.63. The lowest BCUT2D eigenvalue weighted by Crippen LogP contribution is -2.65. The average Bonchev–Trinajstić information content (AvgIpc) is 3.04. The Kier molecular flexibility index (Phi) is 4.37. The number of esters is 1. The predicted molar refractivity (Wildman–Crippen MR) is 84.0 cm³/mol. The van der Waals surface area contributed by atoms with Crippen molar-refractivity contribution in [3.05, 3.63) is 22.4 Å². The van der Waals surface area contributed by atoms with Crippen LogP contribution in [0.3, 0.4) is 0 Å². The fourth-order valence-corrected chi connectivity index (χ4v) is 4.39.